The van der Waals surface area contributed by atoms with E-state index in [1.165, 1.54) is 29.2 Å². The lowest BCUT2D eigenvalue weighted by Gasteiger charge is -2.16. The average Bonchev–Trinajstić information content (AvgIpc) is 2.99. The minimum absolute atomic E-state index is 0.122. The molecule has 1 aliphatic rings. The largest absolute Gasteiger partial charge is 0.495 e. The fourth-order valence-corrected chi connectivity index (χ4v) is 3.14. The Morgan fingerprint density at radius 2 is 2.00 bits per heavy atom. The van der Waals surface area contributed by atoms with Crippen molar-refractivity contribution in [2.75, 3.05) is 23.9 Å². The van der Waals surface area contributed by atoms with Crippen LogP contribution < -0.4 is 15.0 Å². The van der Waals surface area contributed by atoms with Crippen LogP contribution in [0.4, 0.5) is 15.8 Å². The Morgan fingerprint density at radius 3 is 2.68 bits per heavy atom. The third-order valence-corrected chi connectivity index (χ3v) is 4.71. The molecule has 1 saturated heterocycles. The lowest BCUT2D eigenvalue weighted by molar-refractivity contribution is -0.122. The van der Waals surface area contributed by atoms with Crippen LogP contribution in [0.5, 0.6) is 5.75 Å². The minimum Gasteiger partial charge on any atom is -0.495 e. The van der Waals surface area contributed by atoms with Crippen molar-refractivity contribution in [3.63, 3.8) is 0 Å². The number of carbonyl (C=O) groups excluding carboxylic acids is 2. The minimum atomic E-state index is -0.466. The van der Waals surface area contributed by atoms with Gasteiger partial charge in [-0.2, -0.15) is 0 Å². The number of nitrogens with zero attached hydrogens (tertiary/aromatic N) is 1. The predicted octanol–water partition coefficient (Wildman–Crippen LogP) is 3.59. The van der Waals surface area contributed by atoms with Gasteiger partial charge in [0.25, 0.3) is 0 Å². The Bertz CT molecular complexity index is 810. The fourth-order valence-electron chi connectivity index (χ4n) is 2.74. The topological polar surface area (TPSA) is 58.6 Å². The summed E-state index contributed by atoms with van der Waals surface area (Å²) in [5.41, 5.74) is 1.18. The Hall–Kier alpha value is -2.41. The van der Waals surface area contributed by atoms with Crippen LogP contribution in [-0.4, -0.2) is 25.5 Å². The van der Waals surface area contributed by atoms with Gasteiger partial charge < -0.3 is 15.0 Å². The van der Waals surface area contributed by atoms with Crippen LogP contribution in [0.3, 0.4) is 0 Å². The van der Waals surface area contributed by atoms with Crippen LogP contribution >= 0.6 is 15.9 Å². The zero-order chi connectivity index (χ0) is 18.0. The highest BCUT2D eigenvalue weighted by Gasteiger charge is 2.35. The summed E-state index contributed by atoms with van der Waals surface area (Å²) >= 11 is 3.35. The summed E-state index contributed by atoms with van der Waals surface area (Å²) in [6, 6.07) is 10.9. The Balaban J connectivity index is 1.69. The molecular weight excluding hydrogens is 391 g/mol. The number of ether oxygens (including phenoxy) is 1. The number of rotatable bonds is 4. The summed E-state index contributed by atoms with van der Waals surface area (Å²) in [7, 11) is 1.54. The SMILES string of the molecule is COc1cc(NC(=O)C2CC(=O)N(c3ccc(F)cc3)C2)ccc1Br. The quantitative estimate of drug-likeness (QED) is 0.843. The van der Waals surface area contributed by atoms with Gasteiger partial charge in [0.15, 0.2) is 0 Å². The van der Waals surface area contributed by atoms with E-state index in [0.717, 1.165) is 4.47 Å². The summed E-state index contributed by atoms with van der Waals surface area (Å²) < 4.78 is 19.0. The number of hydrogen-bond acceptors (Lipinski definition) is 3. The van der Waals surface area contributed by atoms with Crippen LogP contribution in [0.25, 0.3) is 0 Å². The van der Waals surface area contributed by atoms with Crippen LogP contribution in [0.2, 0.25) is 0 Å². The van der Waals surface area contributed by atoms with Crippen molar-refractivity contribution >= 4 is 39.1 Å². The molecule has 1 N–H and O–H groups in total. The fraction of sp³-hybridized carbons (Fsp3) is 0.222. The van der Waals surface area contributed by atoms with Crippen molar-refractivity contribution in [3.8, 4) is 5.75 Å². The van der Waals surface area contributed by atoms with Gasteiger partial charge in [0.1, 0.15) is 11.6 Å². The van der Waals surface area contributed by atoms with Crippen molar-refractivity contribution in [1.29, 1.82) is 0 Å². The highest BCUT2D eigenvalue weighted by Crippen LogP contribution is 2.29. The van der Waals surface area contributed by atoms with E-state index in [0.29, 0.717) is 17.1 Å². The van der Waals surface area contributed by atoms with Gasteiger partial charge in [0, 0.05) is 30.4 Å². The first-order valence-electron chi connectivity index (χ1n) is 7.68. The molecule has 1 unspecified atom stereocenters. The van der Waals surface area contributed by atoms with E-state index in [2.05, 4.69) is 21.2 Å². The van der Waals surface area contributed by atoms with Gasteiger partial charge in [0.2, 0.25) is 11.8 Å². The van der Waals surface area contributed by atoms with E-state index < -0.39 is 5.92 Å². The zero-order valence-electron chi connectivity index (χ0n) is 13.5. The molecule has 1 fully saturated rings. The molecule has 2 aromatic rings. The van der Waals surface area contributed by atoms with E-state index in [1.807, 2.05) is 0 Å². The summed E-state index contributed by atoms with van der Waals surface area (Å²) in [6.45, 7) is 0.268. The maximum atomic E-state index is 13.0. The second-order valence-corrected chi connectivity index (χ2v) is 6.57. The number of anilines is 2. The Kier molecular flexibility index (Phi) is 5.03. The van der Waals surface area contributed by atoms with E-state index in [1.54, 1.807) is 25.3 Å². The van der Waals surface area contributed by atoms with Crippen LogP contribution in [0, 0.1) is 11.7 Å². The van der Waals surface area contributed by atoms with E-state index >= 15 is 0 Å². The van der Waals surface area contributed by atoms with Crippen molar-refractivity contribution < 1.29 is 18.7 Å². The molecule has 0 bridgehead atoms. The summed E-state index contributed by atoms with van der Waals surface area (Å²) in [4.78, 5) is 26.2. The molecule has 0 aromatic heterocycles. The van der Waals surface area contributed by atoms with E-state index in [9.17, 15) is 14.0 Å². The summed E-state index contributed by atoms with van der Waals surface area (Å²) in [5, 5.41) is 2.81. The van der Waals surface area contributed by atoms with E-state index in [4.69, 9.17) is 4.74 Å². The molecule has 0 saturated carbocycles. The molecule has 2 amide bonds. The zero-order valence-corrected chi connectivity index (χ0v) is 15.0. The number of carbonyl (C=O) groups is 2. The van der Waals surface area contributed by atoms with Gasteiger partial charge in [-0.15, -0.1) is 0 Å². The van der Waals surface area contributed by atoms with Crippen molar-refractivity contribution in [3.05, 3.63) is 52.8 Å². The average molecular weight is 407 g/mol. The molecule has 25 heavy (non-hydrogen) atoms. The highest BCUT2D eigenvalue weighted by atomic mass is 79.9. The highest BCUT2D eigenvalue weighted by molar-refractivity contribution is 9.10. The first-order chi connectivity index (χ1) is 12.0. The molecule has 0 aliphatic carbocycles. The number of benzene rings is 2. The third kappa shape index (κ3) is 3.82. The van der Waals surface area contributed by atoms with Gasteiger partial charge in [-0.25, -0.2) is 4.39 Å². The number of methoxy groups -OCH3 is 1. The van der Waals surface area contributed by atoms with Gasteiger partial charge in [0.05, 0.1) is 17.5 Å². The van der Waals surface area contributed by atoms with Crippen molar-refractivity contribution in [2.45, 2.75) is 6.42 Å². The maximum absolute atomic E-state index is 13.0. The molecule has 1 atom stereocenters. The molecule has 3 rings (SSSR count). The van der Waals surface area contributed by atoms with Gasteiger partial charge in [-0.3, -0.25) is 9.59 Å². The number of hydrogen-bond donors (Lipinski definition) is 1. The second-order valence-electron chi connectivity index (χ2n) is 5.72. The third-order valence-electron chi connectivity index (χ3n) is 4.05. The monoisotopic (exact) mass is 406 g/mol. The summed E-state index contributed by atoms with van der Waals surface area (Å²) in [5.74, 6) is -0.614. The van der Waals surface area contributed by atoms with Gasteiger partial charge >= 0.3 is 0 Å². The Morgan fingerprint density at radius 1 is 1.28 bits per heavy atom. The number of halogens is 2. The van der Waals surface area contributed by atoms with Crippen LogP contribution in [0.15, 0.2) is 46.9 Å². The maximum Gasteiger partial charge on any atom is 0.229 e. The normalized spacial score (nSPS) is 16.8. The standard InChI is InChI=1S/C18H16BrFN2O3/c1-25-16-9-13(4-7-15(16)19)21-18(24)11-8-17(23)22(10-11)14-5-2-12(20)3-6-14/h2-7,9,11H,8,10H2,1H3,(H,21,24). The molecule has 0 radical (unpaired) electrons. The van der Waals surface area contributed by atoms with Crippen LogP contribution in [0.1, 0.15) is 6.42 Å². The second kappa shape index (κ2) is 7.23. The smallest absolute Gasteiger partial charge is 0.229 e. The lowest BCUT2D eigenvalue weighted by Crippen LogP contribution is -2.28. The number of amides is 2. The molecule has 130 valence electrons. The first-order valence-corrected chi connectivity index (χ1v) is 8.47. The predicted molar refractivity (Wildman–Crippen MR) is 96.2 cm³/mol. The molecule has 2 aromatic carbocycles. The van der Waals surface area contributed by atoms with Crippen molar-refractivity contribution in [1.82, 2.24) is 0 Å². The molecule has 0 spiro atoms. The molecule has 1 aliphatic heterocycles. The van der Waals surface area contributed by atoms with Crippen LogP contribution in [-0.2, 0) is 9.59 Å². The number of nitrogens with one attached hydrogen (secondary N) is 1. The summed E-state index contributed by atoms with van der Waals surface area (Å²) in [6.07, 6.45) is 0.122. The van der Waals surface area contributed by atoms with E-state index in [-0.39, 0.29) is 30.6 Å². The first kappa shape index (κ1) is 17.4. The molecular formula is C18H16BrFN2O3. The van der Waals surface area contributed by atoms with Gasteiger partial charge in [-0.05, 0) is 52.3 Å². The van der Waals surface area contributed by atoms with Gasteiger partial charge in [-0.1, -0.05) is 0 Å². The Labute approximate surface area is 152 Å². The van der Waals surface area contributed by atoms with Crippen molar-refractivity contribution in [2.24, 2.45) is 5.92 Å². The molecule has 7 heteroatoms. The molecule has 1 heterocycles. The lowest BCUT2D eigenvalue weighted by atomic mass is 10.1. The molecule has 5 nitrogen and oxygen atoms in total.